The van der Waals surface area contributed by atoms with Crippen molar-refractivity contribution in [1.82, 2.24) is 15.1 Å². The van der Waals surface area contributed by atoms with Crippen LogP contribution in [-0.4, -0.2) is 60.5 Å². The fourth-order valence-electron chi connectivity index (χ4n) is 2.57. The predicted molar refractivity (Wildman–Crippen MR) is 63.4 cm³/mol. The van der Waals surface area contributed by atoms with Gasteiger partial charge in [0.15, 0.2) is 0 Å². The summed E-state index contributed by atoms with van der Waals surface area (Å²) < 4.78 is 0. The van der Waals surface area contributed by atoms with E-state index in [1.165, 1.54) is 11.9 Å². The van der Waals surface area contributed by atoms with Crippen molar-refractivity contribution in [3.63, 3.8) is 0 Å². The number of nitrogens with zero attached hydrogens (tertiary/aromatic N) is 2. The Balaban J connectivity index is 1.94. The third-order valence-electron chi connectivity index (χ3n) is 3.75. The molecular weight excluding hydrogens is 220 g/mol. The molecule has 2 aliphatic heterocycles. The van der Waals surface area contributed by atoms with E-state index >= 15 is 0 Å². The first-order valence-electron chi connectivity index (χ1n) is 6.12. The fourth-order valence-corrected chi connectivity index (χ4v) is 2.57. The van der Waals surface area contributed by atoms with Gasteiger partial charge in [-0.15, -0.1) is 0 Å². The number of nitrogens with one attached hydrogen (secondary N) is 1. The lowest BCUT2D eigenvalue weighted by Crippen LogP contribution is -2.55. The Hall–Kier alpha value is -1.14. The molecule has 6 nitrogen and oxygen atoms in total. The summed E-state index contributed by atoms with van der Waals surface area (Å²) in [7, 11) is 1.53. The van der Waals surface area contributed by atoms with Gasteiger partial charge in [-0.05, 0) is 32.4 Å². The summed E-state index contributed by atoms with van der Waals surface area (Å²) in [4.78, 5) is 27.0. The van der Waals surface area contributed by atoms with E-state index in [0.29, 0.717) is 19.4 Å². The van der Waals surface area contributed by atoms with Crippen molar-refractivity contribution in [1.29, 1.82) is 0 Å². The molecule has 0 aromatic rings. The summed E-state index contributed by atoms with van der Waals surface area (Å²) in [6.45, 7) is 3.37. The molecule has 17 heavy (non-hydrogen) atoms. The van der Waals surface area contributed by atoms with Crippen LogP contribution in [0.25, 0.3) is 0 Å². The number of piperidine rings is 1. The highest BCUT2D eigenvalue weighted by atomic mass is 16.2. The van der Waals surface area contributed by atoms with Crippen molar-refractivity contribution in [3.8, 4) is 0 Å². The quantitative estimate of drug-likeness (QED) is 0.643. The number of likely N-dealkylation sites (N-methyl/N-ethyl adjacent to an activating group) is 1. The lowest BCUT2D eigenvalue weighted by atomic mass is 9.87. The summed E-state index contributed by atoms with van der Waals surface area (Å²) in [5.74, 6) is -0.0824. The van der Waals surface area contributed by atoms with Crippen LogP contribution < -0.4 is 11.1 Å². The first-order valence-corrected chi connectivity index (χ1v) is 6.12. The molecule has 2 heterocycles. The maximum Gasteiger partial charge on any atom is 0.324 e. The third kappa shape index (κ3) is 2.14. The molecule has 0 atom stereocenters. The molecule has 2 fully saturated rings. The van der Waals surface area contributed by atoms with Crippen molar-refractivity contribution >= 4 is 11.9 Å². The van der Waals surface area contributed by atoms with Crippen LogP contribution >= 0.6 is 0 Å². The molecule has 0 saturated carbocycles. The van der Waals surface area contributed by atoms with Crippen LogP contribution in [0.5, 0.6) is 0 Å². The van der Waals surface area contributed by atoms with Crippen LogP contribution in [0.2, 0.25) is 0 Å². The van der Waals surface area contributed by atoms with Gasteiger partial charge < -0.3 is 16.0 Å². The second-order valence-corrected chi connectivity index (χ2v) is 4.86. The second kappa shape index (κ2) is 4.62. The monoisotopic (exact) mass is 240 g/mol. The van der Waals surface area contributed by atoms with Crippen LogP contribution in [0.4, 0.5) is 4.79 Å². The number of nitrogens with two attached hydrogens (primary N) is 1. The predicted octanol–water partition coefficient (Wildman–Crippen LogP) is -0.649. The number of hydrogen-bond donors (Lipinski definition) is 2. The van der Waals surface area contributed by atoms with E-state index in [4.69, 9.17) is 5.73 Å². The van der Waals surface area contributed by atoms with Crippen molar-refractivity contribution in [3.05, 3.63) is 0 Å². The largest absolute Gasteiger partial charge is 0.330 e. The molecule has 1 spiro atoms. The number of likely N-dealkylation sites (tertiary alicyclic amines) is 1. The lowest BCUT2D eigenvalue weighted by Gasteiger charge is -2.37. The molecule has 0 radical (unpaired) electrons. The lowest BCUT2D eigenvalue weighted by molar-refractivity contribution is -0.132. The molecule has 0 unspecified atom stereocenters. The molecule has 6 heteroatoms. The van der Waals surface area contributed by atoms with Gasteiger partial charge in [0.2, 0.25) is 0 Å². The Morgan fingerprint density at radius 2 is 2.00 bits per heavy atom. The zero-order valence-electron chi connectivity index (χ0n) is 10.2. The molecular formula is C11H20N4O2. The Morgan fingerprint density at radius 3 is 2.47 bits per heavy atom. The summed E-state index contributed by atoms with van der Waals surface area (Å²) >= 11 is 0. The van der Waals surface area contributed by atoms with Crippen molar-refractivity contribution in [2.45, 2.75) is 24.8 Å². The topological polar surface area (TPSA) is 78.7 Å². The van der Waals surface area contributed by atoms with E-state index in [9.17, 15) is 9.59 Å². The number of rotatable bonds is 3. The number of hydrogen-bond acceptors (Lipinski definition) is 4. The number of urea groups is 1. The number of carbonyl (C=O) groups excluding carboxylic acids is 2. The van der Waals surface area contributed by atoms with Gasteiger partial charge in [0.1, 0.15) is 5.54 Å². The summed E-state index contributed by atoms with van der Waals surface area (Å²) in [6, 6.07) is -0.273. The first kappa shape index (κ1) is 12.3. The molecule has 0 aromatic carbocycles. The standard InChI is InChI=1S/C11H20N4O2/c1-14-9(16)11(13-10(14)17)3-7-15(8-4-11)6-2-5-12/h2-8,12H2,1H3,(H,13,17). The van der Waals surface area contributed by atoms with Crippen LogP contribution in [-0.2, 0) is 4.79 Å². The highest BCUT2D eigenvalue weighted by Crippen LogP contribution is 2.28. The maximum atomic E-state index is 12.0. The van der Waals surface area contributed by atoms with E-state index in [-0.39, 0.29) is 11.9 Å². The van der Waals surface area contributed by atoms with Gasteiger partial charge in [-0.1, -0.05) is 0 Å². The Bertz CT molecular complexity index is 323. The van der Waals surface area contributed by atoms with E-state index in [2.05, 4.69) is 10.2 Å². The van der Waals surface area contributed by atoms with Gasteiger partial charge >= 0.3 is 6.03 Å². The molecule has 3 amide bonds. The zero-order valence-corrected chi connectivity index (χ0v) is 10.2. The normalized spacial score (nSPS) is 24.5. The number of imide groups is 1. The van der Waals surface area contributed by atoms with Crippen LogP contribution in [0.15, 0.2) is 0 Å². The summed E-state index contributed by atoms with van der Waals surface area (Å²) in [6.07, 6.45) is 2.38. The second-order valence-electron chi connectivity index (χ2n) is 4.86. The Kier molecular flexibility index (Phi) is 3.35. The van der Waals surface area contributed by atoms with Gasteiger partial charge in [0.25, 0.3) is 5.91 Å². The minimum absolute atomic E-state index is 0.0824. The number of amides is 3. The third-order valence-corrected chi connectivity index (χ3v) is 3.75. The molecule has 2 saturated heterocycles. The molecule has 0 bridgehead atoms. The smallest absolute Gasteiger partial charge is 0.324 e. The van der Waals surface area contributed by atoms with Gasteiger partial charge in [-0.25, -0.2) is 4.79 Å². The molecule has 96 valence electrons. The molecule has 3 N–H and O–H groups in total. The summed E-state index contributed by atoms with van der Waals surface area (Å²) in [5, 5.41) is 2.83. The van der Waals surface area contributed by atoms with E-state index in [0.717, 1.165) is 26.1 Å². The average Bonchev–Trinajstić information content (AvgIpc) is 2.54. The molecule has 2 rings (SSSR count). The van der Waals surface area contributed by atoms with Gasteiger partial charge in [-0.2, -0.15) is 0 Å². The first-order chi connectivity index (χ1) is 8.09. The van der Waals surface area contributed by atoms with Gasteiger partial charge in [-0.3, -0.25) is 9.69 Å². The SMILES string of the molecule is CN1C(=O)NC2(CCN(CCCN)CC2)C1=O. The highest BCUT2D eigenvalue weighted by molar-refractivity contribution is 6.06. The van der Waals surface area contributed by atoms with Gasteiger partial charge in [0.05, 0.1) is 0 Å². The molecule has 0 aliphatic carbocycles. The summed E-state index contributed by atoms with van der Waals surface area (Å²) in [5.41, 5.74) is 4.84. The van der Waals surface area contributed by atoms with E-state index in [1.54, 1.807) is 0 Å². The molecule has 0 aromatic heterocycles. The van der Waals surface area contributed by atoms with E-state index in [1.807, 2.05) is 0 Å². The highest BCUT2D eigenvalue weighted by Gasteiger charge is 2.50. The zero-order chi connectivity index (χ0) is 12.5. The number of carbonyl (C=O) groups is 2. The fraction of sp³-hybridized carbons (Fsp3) is 0.818. The van der Waals surface area contributed by atoms with Gasteiger partial charge in [0, 0.05) is 20.1 Å². The van der Waals surface area contributed by atoms with Crippen molar-refractivity contribution < 1.29 is 9.59 Å². The molecule has 2 aliphatic rings. The average molecular weight is 240 g/mol. The van der Waals surface area contributed by atoms with Crippen molar-refractivity contribution in [2.24, 2.45) is 5.73 Å². The maximum absolute atomic E-state index is 12.0. The van der Waals surface area contributed by atoms with Crippen LogP contribution in [0.1, 0.15) is 19.3 Å². The minimum atomic E-state index is -0.634. The van der Waals surface area contributed by atoms with Crippen molar-refractivity contribution in [2.75, 3.05) is 33.2 Å². The Labute approximate surface area is 101 Å². The van der Waals surface area contributed by atoms with Crippen LogP contribution in [0, 0.1) is 0 Å². The Morgan fingerprint density at radius 1 is 1.35 bits per heavy atom. The minimum Gasteiger partial charge on any atom is -0.330 e. The van der Waals surface area contributed by atoms with E-state index < -0.39 is 5.54 Å². The van der Waals surface area contributed by atoms with Crippen LogP contribution in [0.3, 0.4) is 0 Å².